The fourth-order valence-electron chi connectivity index (χ4n) is 1.86. The fraction of sp³-hybridized carbons (Fsp3) is 0.818. The van der Waals surface area contributed by atoms with Crippen molar-refractivity contribution in [3.8, 4) is 0 Å². The summed E-state index contributed by atoms with van der Waals surface area (Å²) in [6, 6.07) is 0. The maximum atomic E-state index is 5.34. The van der Waals surface area contributed by atoms with Crippen LogP contribution in [0, 0.1) is 0 Å². The number of nitrogens with one attached hydrogen (secondary N) is 1. The molecule has 90 valence electrons. The Bertz CT molecular complexity index is 367. The van der Waals surface area contributed by atoms with Gasteiger partial charge in [-0.25, -0.2) is 0 Å². The Morgan fingerprint density at radius 1 is 1.50 bits per heavy atom. The van der Waals surface area contributed by atoms with Gasteiger partial charge in [-0.3, -0.25) is 0 Å². The minimum Gasteiger partial charge on any atom is -0.371 e. The Balaban J connectivity index is 2.26. The molecular weight excluding hydrogens is 206 g/mol. The highest BCUT2D eigenvalue weighted by atomic mass is 16.5. The number of aromatic nitrogens is 2. The van der Waals surface area contributed by atoms with Gasteiger partial charge in [-0.05, 0) is 40.2 Å². The molecule has 16 heavy (non-hydrogen) atoms. The predicted molar refractivity (Wildman–Crippen MR) is 58.9 cm³/mol. The van der Waals surface area contributed by atoms with E-state index in [0.29, 0.717) is 11.7 Å². The maximum Gasteiger partial charge on any atom is 0.246 e. The van der Waals surface area contributed by atoms with Crippen LogP contribution in [0.25, 0.3) is 0 Å². The van der Waals surface area contributed by atoms with Gasteiger partial charge in [-0.1, -0.05) is 5.16 Å². The molecule has 2 rings (SSSR count). The molecule has 1 aliphatic heterocycles. The molecule has 2 heterocycles. The molecule has 0 aliphatic carbocycles. The zero-order chi connectivity index (χ0) is 11.8. The average molecular weight is 225 g/mol. The van der Waals surface area contributed by atoms with E-state index in [1.807, 2.05) is 13.8 Å². The first-order valence-corrected chi connectivity index (χ1v) is 5.63. The lowest BCUT2D eigenvalue weighted by Crippen LogP contribution is -2.33. The number of hydrogen-bond donors (Lipinski definition) is 1. The number of rotatable bonds is 3. The van der Waals surface area contributed by atoms with E-state index in [1.54, 1.807) is 7.11 Å². The normalized spacial score (nSPS) is 26.2. The van der Waals surface area contributed by atoms with Crippen molar-refractivity contribution in [3.05, 3.63) is 11.7 Å². The van der Waals surface area contributed by atoms with Gasteiger partial charge in [0.2, 0.25) is 11.7 Å². The Labute approximate surface area is 95.6 Å². The second kappa shape index (κ2) is 3.82. The summed E-state index contributed by atoms with van der Waals surface area (Å²) in [7, 11) is 1.64. The number of nitrogens with zero attached hydrogens (tertiary/aromatic N) is 2. The minimum atomic E-state index is -0.503. The lowest BCUT2D eigenvalue weighted by molar-refractivity contribution is 0.00973. The summed E-state index contributed by atoms with van der Waals surface area (Å²) in [4.78, 5) is 4.44. The van der Waals surface area contributed by atoms with Crippen molar-refractivity contribution in [3.63, 3.8) is 0 Å². The number of hydrogen-bond acceptors (Lipinski definition) is 5. The highest BCUT2D eigenvalue weighted by Crippen LogP contribution is 2.30. The standard InChI is InChI=1S/C11H19N3O2/c1-10(2,15-4)8-13-9(16-14-8)11(3)6-5-7-12-11/h12H,5-7H2,1-4H3. The molecule has 0 amide bonds. The van der Waals surface area contributed by atoms with Crippen molar-refractivity contribution in [2.24, 2.45) is 0 Å². The van der Waals surface area contributed by atoms with E-state index in [9.17, 15) is 0 Å². The van der Waals surface area contributed by atoms with Crippen LogP contribution in [0.15, 0.2) is 4.52 Å². The summed E-state index contributed by atoms with van der Waals surface area (Å²) < 4.78 is 10.7. The topological polar surface area (TPSA) is 60.2 Å². The van der Waals surface area contributed by atoms with E-state index in [2.05, 4.69) is 22.4 Å². The maximum absolute atomic E-state index is 5.34. The smallest absolute Gasteiger partial charge is 0.246 e. The van der Waals surface area contributed by atoms with Gasteiger partial charge in [0.1, 0.15) is 5.60 Å². The number of ether oxygens (including phenoxy) is 1. The largest absolute Gasteiger partial charge is 0.371 e. The summed E-state index contributed by atoms with van der Waals surface area (Å²) in [5.74, 6) is 1.25. The summed E-state index contributed by atoms with van der Waals surface area (Å²) in [5.41, 5.74) is -0.675. The molecule has 0 bridgehead atoms. The Morgan fingerprint density at radius 2 is 2.25 bits per heavy atom. The van der Waals surface area contributed by atoms with E-state index in [0.717, 1.165) is 19.4 Å². The molecule has 1 unspecified atom stereocenters. The van der Waals surface area contributed by atoms with E-state index < -0.39 is 5.60 Å². The third-order valence-corrected chi connectivity index (χ3v) is 3.32. The Morgan fingerprint density at radius 3 is 2.81 bits per heavy atom. The fourth-order valence-corrected chi connectivity index (χ4v) is 1.86. The average Bonchev–Trinajstić information content (AvgIpc) is 2.86. The summed E-state index contributed by atoms with van der Waals surface area (Å²) in [5, 5.41) is 7.39. The molecule has 0 saturated carbocycles. The zero-order valence-electron chi connectivity index (χ0n) is 10.3. The molecule has 1 saturated heterocycles. The van der Waals surface area contributed by atoms with Gasteiger partial charge < -0.3 is 14.6 Å². The van der Waals surface area contributed by atoms with Crippen molar-refractivity contribution in [2.75, 3.05) is 13.7 Å². The molecule has 5 heteroatoms. The molecule has 1 aromatic rings. The first kappa shape index (κ1) is 11.5. The molecule has 0 aromatic carbocycles. The second-order valence-corrected chi connectivity index (χ2v) is 5.00. The van der Waals surface area contributed by atoms with Crippen LogP contribution in [0.3, 0.4) is 0 Å². The van der Waals surface area contributed by atoms with Gasteiger partial charge in [0.15, 0.2) is 0 Å². The van der Waals surface area contributed by atoms with Gasteiger partial charge in [-0.2, -0.15) is 4.98 Å². The number of methoxy groups -OCH3 is 1. The van der Waals surface area contributed by atoms with Crippen LogP contribution < -0.4 is 5.32 Å². The lowest BCUT2D eigenvalue weighted by Gasteiger charge is -2.19. The van der Waals surface area contributed by atoms with Crippen molar-refractivity contribution < 1.29 is 9.26 Å². The van der Waals surface area contributed by atoms with Gasteiger partial charge in [0, 0.05) is 7.11 Å². The SMILES string of the molecule is COC(C)(C)c1noc(C2(C)CCCN2)n1. The Hall–Kier alpha value is -0.940. The van der Waals surface area contributed by atoms with E-state index in [-0.39, 0.29) is 5.54 Å². The highest BCUT2D eigenvalue weighted by Gasteiger charge is 2.37. The van der Waals surface area contributed by atoms with Crippen molar-refractivity contribution in [1.82, 2.24) is 15.5 Å². The van der Waals surface area contributed by atoms with E-state index in [1.165, 1.54) is 0 Å². The van der Waals surface area contributed by atoms with E-state index >= 15 is 0 Å². The lowest BCUT2D eigenvalue weighted by atomic mass is 10.0. The molecular formula is C11H19N3O2. The monoisotopic (exact) mass is 225 g/mol. The quantitative estimate of drug-likeness (QED) is 0.845. The van der Waals surface area contributed by atoms with Crippen LogP contribution in [0.5, 0.6) is 0 Å². The van der Waals surface area contributed by atoms with Crippen LogP contribution in [-0.4, -0.2) is 23.8 Å². The van der Waals surface area contributed by atoms with E-state index in [4.69, 9.17) is 9.26 Å². The molecule has 5 nitrogen and oxygen atoms in total. The van der Waals surface area contributed by atoms with Crippen LogP contribution in [0.2, 0.25) is 0 Å². The second-order valence-electron chi connectivity index (χ2n) is 5.00. The van der Waals surface area contributed by atoms with Crippen molar-refractivity contribution >= 4 is 0 Å². The third kappa shape index (κ3) is 1.85. The minimum absolute atomic E-state index is 0.172. The zero-order valence-corrected chi connectivity index (χ0v) is 10.3. The summed E-state index contributed by atoms with van der Waals surface area (Å²) >= 11 is 0. The van der Waals surface area contributed by atoms with Crippen molar-refractivity contribution in [2.45, 2.75) is 44.8 Å². The van der Waals surface area contributed by atoms with Crippen LogP contribution in [0.4, 0.5) is 0 Å². The van der Waals surface area contributed by atoms with Gasteiger partial charge in [0.25, 0.3) is 0 Å². The van der Waals surface area contributed by atoms with Gasteiger partial charge in [-0.15, -0.1) is 0 Å². The summed E-state index contributed by atoms with van der Waals surface area (Å²) in [6.45, 7) is 6.94. The van der Waals surface area contributed by atoms with Crippen LogP contribution >= 0.6 is 0 Å². The first-order chi connectivity index (χ1) is 7.48. The van der Waals surface area contributed by atoms with Crippen LogP contribution in [-0.2, 0) is 15.9 Å². The molecule has 1 atom stereocenters. The third-order valence-electron chi connectivity index (χ3n) is 3.32. The van der Waals surface area contributed by atoms with Crippen molar-refractivity contribution in [1.29, 1.82) is 0 Å². The first-order valence-electron chi connectivity index (χ1n) is 5.63. The van der Waals surface area contributed by atoms with Gasteiger partial charge >= 0.3 is 0 Å². The van der Waals surface area contributed by atoms with Crippen LogP contribution in [0.1, 0.15) is 45.3 Å². The summed E-state index contributed by atoms with van der Waals surface area (Å²) in [6.07, 6.45) is 2.17. The Kier molecular flexibility index (Phi) is 2.75. The molecule has 1 fully saturated rings. The molecule has 1 aromatic heterocycles. The van der Waals surface area contributed by atoms with Gasteiger partial charge in [0.05, 0.1) is 5.54 Å². The molecule has 0 radical (unpaired) electrons. The predicted octanol–water partition coefficient (Wildman–Crippen LogP) is 1.55. The molecule has 0 spiro atoms. The highest BCUT2D eigenvalue weighted by molar-refractivity contribution is 5.07. The molecule has 1 N–H and O–H groups in total. The molecule has 1 aliphatic rings.